The van der Waals surface area contributed by atoms with Crippen molar-refractivity contribution in [2.24, 2.45) is 0 Å². The summed E-state index contributed by atoms with van der Waals surface area (Å²) in [4.78, 5) is 24.9. The number of carboxylic acids is 1. The average Bonchev–Trinajstić information content (AvgIpc) is 2.47. The summed E-state index contributed by atoms with van der Waals surface area (Å²) < 4.78 is 0. The fourth-order valence-electron chi connectivity index (χ4n) is 3.22. The fourth-order valence-corrected chi connectivity index (χ4v) is 3.22. The van der Waals surface area contributed by atoms with Gasteiger partial charge in [-0.05, 0) is 44.4 Å². The van der Waals surface area contributed by atoms with Gasteiger partial charge in [0.15, 0.2) is 0 Å². The minimum atomic E-state index is -0.804. The Balaban J connectivity index is 1.74. The summed E-state index contributed by atoms with van der Waals surface area (Å²) in [5, 5.41) is 15.1. The number of aryl methyl sites for hydroxylation is 2. The van der Waals surface area contributed by atoms with Crippen LogP contribution in [0.2, 0.25) is 0 Å². The van der Waals surface area contributed by atoms with Gasteiger partial charge in [-0.2, -0.15) is 0 Å². The van der Waals surface area contributed by atoms with Gasteiger partial charge in [0.25, 0.3) is 0 Å². The van der Waals surface area contributed by atoms with E-state index >= 15 is 0 Å². The second-order valence-corrected chi connectivity index (χ2v) is 6.47. The summed E-state index contributed by atoms with van der Waals surface area (Å²) in [6, 6.07) is 6.44. The lowest BCUT2D eigenvalue weighted by molar-refractivity contribution is -0.139. The monoisotopic (exact) mass is 333 g/mol. The summed E-state index contributed by atoms with van der Waals surface area (Å²) in [6.45, 7) is 7.03. The molecule has 0 aromatic heterocycles. The molecular formula is C18H27N3O3. The molecule has 0 radical (unpaired) electrons. The van der Waals surface area contributed by atoms with Gasteiger partial charge < -0.3 is 15.7 Å². The molecule has 1 aliphatic rings. The van der Waals surface area contributed by atoms with Crippen LogP contribution in [0.1, 0.15) is 30.9 Å². The largest absolute Gasteiger partial charge is 0.480 e. The molecule has 1 aromatic rings. The van der Waals surface area contributed by atoms with Crippen LogP contribution in [0, 0.1) is 13.8 Å². The van der Waals surface area contributed by atoms with E-state index < -0.39 is 5.97 Å². The first kappa shape index (κ1) is 18.3. The van der Waals surface area contributed by atoms with Crippen LogP contribution in [0.5, 0.6) is 0 Å². The number of nitrogens with one attached hydrogen (secondary N) is 2. The van der Waals surface area contributed by atoms with Gasteiger partial charge in [0, 0.05) is 17.8 Å². The summed E-state index contributed by atoms with van der Waals surface area (Å²) in [5.74, 6) is -0.829. The highest BCUT2D eigenvalue weighted by molar-refractivity contribution is 5.81. The lowest BCUT2D eigenvalue weighted by Crippen LogP contribution is -2.55. The highest BCUT2D eigenvalue weighted by Gasteiger charge is 2.34. The third kappa shape index (κ3) is 4.71. The van der Waals surface area contributed by atoms with Gasteiger partial charge in [-0.25, -0.2) is 0 Å². The quantitative estimate of drug-likeness (QED) is 0.675. The number of rotatable bonds is 8. The number of aliphatic carboxylic acids is 1. The molecule has 1 fully saturated rings. The maximum Gasteiger partial charge on any atom is 0.317 e. The van der Waals surface area contributed by atoms with Gasteiger partial charge in [0.05, 0.1) is 13.1 Å². The van der Waals surface area contributed by atoms with Crippen molar-refractivity contribution in [1.82, 2.24) is 10.2 Å². The first-order valence-corrected chi connectivity index (χ1v) is 8.46. The van der Waals surface area contributed by atoms with Crippen molar-refractivity contribution < 1.29 is 14.7 Å². The Morgan fingerprint density at radius 3 is 2.42 bits per heavy atom. The molecule has 1 aliphatic carbocycles. The maximum atomic E-state index is 12.1. The average molecular weight is 333 g/mol. The number of amides is 1. The number of nitrogens with zero attached hydrogens (tertiary/aromatic N) is 1. The highest BCUT2D eigenvalue weighted by atomic mass is 16.4. The zero-order valence-electron chi connectivity index (χ0n) is 14.6. The van der Waals surface area contributed by atoms with Crippen LogP contribution in [0.25, 0.3) is 0 Å². The molecule has 0 spiro atoms. The van der Waals surface area contributed by atoms with Crippen LogP contribution in [-0.4, -0.2) is 53.6 Å². The molecule has 6 nitrogen and oxygen atoms in total. The number of hydrogen-bond donors (Lipinski definition) is 3. The van der Waals surface area contributed by atoms with Crippen molar-refractivity contribution in [3.8, 4) is 0 Å². The van der Waals surface area contributed by atoms with E-state index in [9.17, 15) is 9.59 Å². The third-order valence-electron chi connectivity index (χ3n) is 4.65. The summed E-state index contributed by atoms with van der Waals surface area (Å²) >= 11 is 0. The maximum absolute atomic E-state index is 12.1. The van der Waals surface area contributed by atoms with E-state index in [2.05, 4.69) is 10.6 Å². The second-order valence-electron chi connectivity index (χ2n) is 6.47. The molecule has 0 heterocycles. The van der Waals surface area contributed by atoms with Crippen molar-refractivity contribution in [2.45, 2.75) is 45.7 Å². The molecule has 0 aliphatic heterocycles. The first-order chi connectivity index (χ1) is 11.4. The Morgan fingerprint density at radius 1 is 1.25 bits per heavy atom. The van der Waals surface area contributed by atoms with Gasteiger partial charge in [-0.15, -0.1) is 0 Å². The van der Waals surface area contributed by atoms with Gasteiger partial charge in [-0.1, -0.05) is 25.1 Å². The molecule has 6 heteroatoms. The Kier molecular flexibility index (Phi) is 6.20. The highest BCUT2D eigenvalue weighted by Crippen LogP contribution is 2.25. The molecule has 2 rings (SSSR count). The molecule has 132 valence electrons. The van der Waals surface area contributed by atoms with Crippen molar-refractivity contribution in [1.29, 1.82) is 0 Å². The van der Waals surface area contributed by atoms with Crippen molar-refractivity contribution in [3.05, 3.63) is 29.3 Å². The number of benzene rings is 1. The molecule has 0 atom stereocenters. The molecule has 1 saturated carbocycles. The fraction of sp³-hybridized carbons (Fsp3) is 0.556. The molecule has 0 unspecified atom stereocenters. The van der Waals surface area contributed by atoms with E-state index in [1.54, 1.807) is 0 Å². The van der Waals surface area contributed by atoms with E-state index in [0.717, 1.165) is 29.7 Å². The molecule has 24 heavy (non-hydrogen) atoms. The number of carbonyl (C=O) groups excluding carboxylic acids is 1. The van der Waals surface area contributed by atoms with Crippen molar-refractivity contribution in [2.75, 3.05) is 25.0 Å². The molecular weight excluding hydrogens is 306 g/mol. The van der Waals surface area contributed by atoms with E-state index in [1.165, 1.54) is 0 Å². The van der Waals surface area contributed by atoms with E-state index in [-0.39, 0.29) is 31.1 Å². The van der Waals surface area contributed by atoms with Crippen molar-refractivity contribution >= 4 is 17.6 Å². The van der Waals surface area contributed by atoms with Crippen LogP contribution >= 0.6 is 0 Å². The third-order valence-corrected chi connectivity index (χ3v) is 4.65. The molecule has 1 aromatic carbocycles. The van der Waals surface area contributed by atoms with E-state index in [4.69, 9.17) is 5.11 Å². The Morgan fingerprint density at radius 2 is 1.88 bits per heavy atom. The molecule has 1 amide bonds. The smallest absolute Gasteiger partial charge is 0.317 e. The van der Waals surface area contributed by atoms with Gasteiger partial charge in [0.1, 0.15) is 0 Å². The zero-order valence-corrected chi connectivity index (χ0v) is 14.6. The number of hydrogen-bond acceptors (Lipinski definition) is 4. The van der Waals surface area contributed by atoms with Crippen LogP contribution < -0.4 is 10.6 Å². The van der Waals surface area contributed by atoms with Crippen LogP contribution in [0.3, 0.4) is 0 Å². The van der Waals surface area contributed by atoms with Crippen LogP contribution in [0.4, 0.5) is 5.69 Å². The lowest BCUT2D eigenvalue weighted by atomic mass is 9.85. The van der Waals surface area contributed by atoms with Gasteiger partial charge >= 0.3 is 5.97 Å². The van der Waals surface area contributed by atoms with Gasteiger partial charge in [0.2, 0.25) is 5.91 Å². The second kappa shape index (κ2) is 8.15. The number of anilines is 1. The minimum Gasteiger partial charge on any atom is -0.480 e. The van der Waals surface area contributed by atoms with E-state index in [1.807, 2.05) is 43.9 Å². The number of para-hydroxylation sites is 1. The van der Waals surface area contributed by atoms with E-state index in [0.29, 0.717) is 6.54 Å². The van der Waals surface area contributed by atoms with Crippen molar-refractivity contribution in [3.63, 3.8) is 0 Å². The SMILES string of the molecule is CCN(CC(=O)O)C1CC(NC(=O)CNc2c(C)cccc2C)C1. The van der Waals surface area contributed by atoms with Gasteiger partial charge in [-0.3, -0.25) is 14.5 Å². The van der Waals surface area contributed by atoms with Crippen LogP contribution in [0.15, 0.2) is 18.2 Å². The standard InChI is InChI=1S/C18H27N3O3/c1-4-21(11-17(23)24)15-8-14(9-15)20-16(22)10-19-18-12(2)6-5-7-13(18)3/h5-7,14-15,19H,4,8-11H2,1-3H3,(H,20,22)(H,23,24). The minimum absolute atomic E-state index is 0.0256. The lowest BCUT2D eigenvalue weighted by Gasteiger charge is -2.42. The Hall–Kier alpha value is -2.08. The Bertz CT molecular complexity index is 577. The summed E-state index contributed by atoms with van der Waals surface area (Å²) in [6.07, 6.45) is 1.63. The predicted octanol–water partition coefficient (Wildman–Crippen LogP) is 1.77. The van der Waals surface area contributed by atoms with Crippen LogP contribution in [-0.2, 0) is 9.59 Å². The number of carbonyl (C=O) groups is 2. The first-order valence-electron chi connectivity index (χ1n) is 8.46. The predicted molar refractivity (Wildman–Crippen MR) is 94.2 cm³/mol. The molecule has 0 saturated heterocycles. The Labute approximate surface area is 143 Å². The zero-order chi connectivity index (χ0) is 17.7. The summed E-state index contributed by atoms with van der Waals surface area (Å²) in [5.41, 5.74) is 3.26. The normalized spacial score (nSPS) is 19.7. The number of carboxylic acid groups (broad SMARTS) is 1. The topological polar surface area (TPSA) is 81.7 Å². The molecule has 0 bridgehead atoms. The number of likely N-dealkylation sites (N-methyl/N-ethyl adjacent to an activating group) is 1. The molecule has 3 N–H and O–H groups in total. The summed E-state index contributed by atoms with van der Waals surface area (Å²) in [7, 11) is 0.